The van der Waals surface area contributed by atoms with Crippen LogP contribution in [0.4, 0.5) is 0 Å². The van der Waals surface area contributed by atoms with E-state index in [0.29, 0.717) is 12.2 Å². The first-order chi connectivity index (χ1) is 9.66. The van der Waals surface area contributed by atoms with Gasteiger partial charge in [-0.3, -0.25) is 4.79 Å². The standard InChI is InChI=1S/C16H20N2O2/c1-18-13-7-3-2-5-11(13)9-14(18)16(20)17-10-12-6-4-8-15(12)19/h2-3,5,7,9,12,15,19H,4,6,8,10H2,1H3,(H,17,20). The Morgan fingerprint density at radius 3 is 2.90 bits per heavy atom. The number of carbonyl (C=O) groups excluding carboxylic acids is 1. The van der Waals surface area contributed by atoms with E-state index in [9.17, 15) is 9.90 Å². The maximum atomic E-state index is 12.3. The first kappa shape index (κ1) is 13.2. The maximum Gasteiger partial charge on any atom is 0.267 e. The fourth-order valence-corrected chi connectivity index (χ4v) is 3.08. The lowest BCUT2D eigenvalue weighted by atomic mass is 10.1. The number of hydrogen-bond acceptors (Lipinski definition) is 2. The molecule has 1 heterocycles. The predicted molar refractivity (Wildman–Crippen MR) is 78.6 cm³/mol. The SMILES string of the molecule is Cn1c(C(=O)NCC2CCCC2O)cc2ccccc21. The van der Waals surface area contributed by atoms with Crippen LogP contribution in [-0.4, -0.2) is 28.2 Å². The first-order valence-corrected chi connectivity index (χ1v) is 7.17. The molecule has 1 aromatic carbocycles. The molecule has 4 nitrogen and oxygen atoms in total. The van der Waals surface area contributed by atoms with Crippen molar-refractivity contribution in [1.29, 1.82) is 0 Å². The quantitative estimate of drug-likeness (QED) is 0.898. The largest absolute Gasteiger partial charge is 0.393 e. The van der Waals surface area contributed by atoms with Crippen molar-refractivity contribution in [2.24, 2.45) is 13.0 Å². The Hall–Kier alpha value is -1.81. The highest BCUT2D eigenvalue weighted by Crippen LogP contribution is 2.25. The molecule has 1 fully saturated rings. The lowest BCUT2D eigenvalue weighted by Gasteiger charge is -2.15. The molecule has 1 aliphatic rings. The summed E-state index contributed by atoms with van der Waals surface area (Å²) in [7, 11) is 1.90. The van der Waals surface area contributed by atoms with Gasteiger partial charge in [0.1, 0.15) is 5.69 Å². The highest BCUT2D eigenvalue weighted by atomic mass is 16.3. The summed E-state index contributed by atoms with van der Waals surface area (Å²) in [5, 5.41) is 13.8. The van der Waals surface area contributed by atoms with E-state index < -0.39 is 0 Å². The number of hydrogen-bond donors (Lipinski definition) is 2. The second-order valence-corrected chi connectivity index (χ2v) is 5.62. The van der Waals surface area contributed by atoms with Crippen LogP contribution < -0.4 is 5.32 Å². The van der Waals surface area contributed by atoms with Crippen molar-refractivity contribution in [3.63, 3.8) is 0 Å². The minimum Gasteiger partial charge on any atom is -0.393 e. The molecule has 0 radical (unpaired) electrons. The minimum absolute atomic E-state index is 0.0669. The Labute approximate surface area is 118 Å². The van der Waals surface area contributed by atoms with Crippen molar-refractivity contribution in [2.75, 3.05) is 6.54 Å². The molecule has 0 bridgehead atoms. The predicted octanol–water partition coefficient (Wildman–Crippen LogP) is 2.07. The van der Waals surface area contributed by atoms with E-state index in [-0.39, 0.29) is 17.9 Å². The van der Waals surface area contributed by atoms with Crippen LogP contribution in [0, 0.1) is 5.92 Å². The summed E-state index contributed by atoms with van der Waals surface area (Å²) in [6, 6.07) is 9.87. The van der Waals surface area contributed by atoms with Gasteiger partial charge in [0.25, 0.3) is 5.91 Å². The molecule has 0 spiro atoms. The Balaban J connectivity index is 1.74. The van der Waals surface area contributed by atoms with Crippen LogP contribution in [0.25, 0.3) is 10.9 Å². The van der Waals surface area contributed by atoms with E-state index in [1.54, 1.807) is 0 Å². The van der Waals surface area contributed by atoms with Crippen LogP contribution in [0.5, 0.6) is 0 Å². The van der Waals surface area contributed by atoms with E-state index in [1.807, 2.05) is 41.9 Å². The summed E-state index contributed by atoms with van der Waals surface area (Å²) in [5.74, 6) is 0.136. The van der Waals surface area contributed by atoms with Gasteiger partial charge in [0.2, 0.25) is 0 Å². The molecule has 0 aliphatic heterocycles. The molecule has 3 rings (SSSR count). The van der Waals surface area contributed by atoms with Crippen molar-refractivity contribution in [1.82, 2.24) is 9.88 Å². The molecular weight excluding hydrogens is 252 g/mol. The molecule has 106 valence electrons. The molecular formula is C16H20N2O2. The summed E-state index contributed by atoms with van der Waals surface area (Å²) in [6.45, 7) is 0.557. The fraction of sp³-hybridized carbons (Fsp3) is 0.438. The normalized spacial score (nSPS) is 22.3. The minimum atomic E-state index is -0.261. The number of carbonyl (C=O) groups is 1. The Kier molecular flexibility index (Phi) is 3.49. The highest BCUT2D eigenvalue weighted by molar-refractivity contribution is 5.98. The lowest BCUT2D eigenvalue weighted by Crippen LogP contribution is -2.33. The monoisotopic (exact) mass is 272 g/mol. The van der Waals surface area contributed by atoms with Crippen LogP contribution in [0.2, 0.25) is 0 Å². The van der Waals surface area contributed by atoms with Gasteiger partial charge in [0, 0.05) is 30.4 Å². The van der Waals surface area contributed by atoms with Crippen LogP contribution in [0.15, 0.2) is 30.3 Å². The number of amides is 1. The van der Waals surface area contributed by atoms with Gasteiger partial charge in [-0.1, -0.05) is 24.6 Å². The van der Waals surface area contributed by atoms with Crippen LogP contribution in [0.1, 0.15) is 29.8 Å². The van der Waals surface area contributed by atoms with Gasteiger partial charge < -0.3 is 15.0 Å². The lowest BCUT2D eigenvalue weighted by molar-refractivity contribution is 0.0909. The number of aliphatic hydroxyl groups excluding tert-OH is 1. The van der Waals surface area contributed by atoms with Gasteiger partial charge in [-0.2, -0.15) is 0 Å². The van der Waals surface area contributed by atoms with Gasteiger partial charge in [0.05, 0.1) is 6.10 Å². The number of aryl methyl sites for hydroxylation is 1. The molecule has 2 aromatic rings. The van der Waals surface area contributed by atoms with Crippen LogP contribution >= 0.6 is 0 Å². The molecule has 0 saturated heterocycles. The van der Waals surface area contributed by atoms with E-state index in [4.69, 9.17) is 0 Å². The number of benzene rings is 1. The molecule has 2 N–H and O–H groups in total. The van der Waals surface area contributed by atoms with Gasteiger partial charge >= 0.3 is 0 Å². The number of aliphatic hydroxyl groups is 1. The second kappa shape index (κ2) is 5.29. The Bertz CT molecular complexity index is 632. The third-order valence-electron chi connectivity index (χ3n) is 4.33. The van der Waals surface area contributed by atoms with Crippen molar-refractivity contribution < 1.29 is 9.90 Å². The molecule has 2 atom stereocenters. The van der Waals surface area contributed by atoms with E-state index >= 15 is 0 Å². The average Bonchev–Trinajstić information content (AvgIpc) is 3.01. The molecule has 1 saturated carbocycles. The summed E-state index contributed by atoms with van der Waals surface area (Å²) in [4.78, 5) is 12.3. The zero-order valence-corrected chi connectivity index (χ0v) is 11.7. The molecule has 1 aromatic heterocycles. The van der Waals surface area contributed by atoms with Crippen molar-refractivity contribution in [3.8, 4) is 0 Å². The summed E-state index contributed by atoms with van der Waals surface area (Å²) in [6.07, 6.45) is 2.64. The van der Waals surface area contributed by atoms with Crippen molar-refractivity contribution >= 4 is 16.8 Å². The molecule has 20 heavy (non-hydrogen) atoms. The molecule has 2 unspecified atom stereocenters. The number of rotatable bonds is 3. The molecule has 1 aliphatic carbocycles. The number of para-hydroxylation sites is 1. The zero-order chi connectivity index (χ0) is 14.1. The molecule has 4 heteroatoms. The highest BCUT2D eigenvalue weighted by Gasteiger charge is 2.25. The maximum absolute atomic E-state index is 12.3. The van der Waals surface area contributed by atoms with Crippen molar-refractivity contribution in [3.05, 3.63) is 36.0 Å². The second-order valence-electron chi connectivity index (χ2n) is 5.62. The van der Waals surface area contributed by atoms with Crippen LogP contribution in [-0.2, 0) is 7.05 Å². The van der Waals surface area contributed by atoms with Gasteiger partial charge in [-0.05, 0) is 25.0 Å². The number of fused-ring (bicyclic) bond motifs is 1. The topological polar surface area (TPSA) is 54.3 Å². The van der Waals surface area contributed by atoms with Gasteiger partial charge in [-0.15, -0.1) is 0 Å². The smallest absolute Gasteiger partial charge is 0.267 e. The van der Waals surface area contributed by atoms with Crippen LogP contribution in [0.3, 0.4) is 0 Å². The Morgan fingerprint density at radius 1 is 1.40 bits per heavy atom. The fourth-order valence-electron chi connectivity index (χ4n) is 3.08. The van der Waals surface area contributed by atoms with E-state index in [1.165, 1.54) is 0 Å². The summed E-state index contributed by atoms with van der Waals surface area (Å²) in [5.41, 5.74) is 1.72. The summed E-state index contributed by atoms with van der Waals surface area (Å²) < 4.78 is 1.91. The molecule has 1 amide bonds. The van der Waals surface area contributed by atoms with E-state index in [2.05, 4.69) is 5.32 Å². The summed E-state index contributed by atoms with van der Waals surface area (Å²) >= 11 is 0. The average molecular weight is 272 g/mol. The Morgan fingerprint density at radius 2 is 2.20 bits per heavy atom. The number of nitrogens with one attached hydrogen (secondary N) is 1. The zero-order valence-electron chi connectivity index (χ0n) is 11.7. The van der Waals surface area contributed by atoms with Gasteiger partial charge in [0.15, 0.2) is 0 Å². The van der Waals surface area contributed by atoms with E-state index in [0.717, 1.165) is 30.2 Å². The number of aromatic nitrogens is 1. The third kappa shape index (κ3) is 2.31. The van der Waals surface area contributed by atoms with Gasteiger partial charge in [-0.25, -0.2) is 0 Å². The van der Waals surface area contributed by atoms with Crippen molar-refractivity contribution in [2.45, 2.75) is 25.4 Å². The first-order valence-electron chi connectivity index (χ1n) is 7.17. The third-order valence-corrected chi connectivity index (χ3v) is 4.33. The number of nitrogens with zero attached hydrogens (tertiary/aromatic N) is 1.